The number of aliphatic hydroxyl groups excluding tert-OH is 1. The lowest BCUT2D eigenvalue weighted by Crippen LogP contribution is -2.30. The molecule has 0 aromatic rings. The smallest absolute Gasteiger partial charge is 0.462 e. The molecule has 596 valence electrons. The Kier molecular flexibility index (Phi) is 72.9. The highest BCUT2D eigenvalue weighted by atomic mass is 31.2. The molecule has 0 heterocycles. The molecule has 0 aromatic heterocycles. The first-order valence-electron chi connectivity index (χ1n) is 40.4. The molecule has 5 unspecified atom stereocenters. The molecule has 0 amide bonds. The maximum atomic E-state index is 13.1. The van der Waals surface area contributed by atoms with Crippen LogP contribution in [0.1, 0.15) is 323 Å². The van der Waals surface area contributed by atoms with Crippen molar-refractivity contribution < 1.29 is 80.2 Å². The first-order chi connectivity index (χ1) is 50.7. The number of carbonyl (C=O) groups is 4. The second kappa shape index (κ2) is 76.4. The van der Waals surface area contributed by atoms with E-state index in [1.54, 1.807) is 0 Å². The molecule has 0 rings (SSSR count). The zero-order valence-electron chi connectivity index (χ0n) is 65.2. The van der Waals surface area contributed by atoms with Crippen molar-refractivity contribution in [2.24, 2.45) is 0 Å². The molecule has 0 aliphatic rings. The summed E-state index contributed by atoms with van der Waals surface area (Å²) < 4.78 is 68.6. The summed E-state index contributed by atoms with van der Waals surface area (Å²) in [4.78, 5) is 73.0. The summed E-state index contributed by atoms with van der Waals surface area (Å²) in [6.45, 7) is 4.56. The van der Waals surface area contributed by atoms with Gasteiger partial charge >= 0.3 is 39.5 Å². The number of phosphoric acid groups is 2. The van der Waals surface area contributed by atoms with Gasteiger partial charge in [-0.1, -0.05) is 290 Å². The van der Waals surface area contributed by atoms with Gasteiger partial charge in [-0.25, -0.2) is 9.13 Å². The molecule has 104 heavy (non-hydrogen) atoms. The third-order valence-corrected chi connectivity index (χ3v) is 18.5. The zero-order chi connectivity index (χ0) is 76.0. The quantitative estimate of drug-likeness (QED) is 0.0169. The zero-order valence-corrected chi connectivity index (χ0v) is 66.9. The van der Waals surface area contributed by atoms with Gasteiger partial charge in [0.1, 0.15) is 19.3 Å². The van der Waals surface area contributed by atoms with Crippen LogP contribution in [0.15, 0.2) is 134 Å². The molecule has 0 aromatic carbocycles. The Morgan fingerprint density at radius 3 is 0.798 bits per heavy atom. The van der Waals surface area contributed by atoms with Crippen molar-refractivity contribution >= 4 is 39.5 Å². The summed E-state index contributed by atoms with van der Waals surface area (Å²) >= 11 is 0. The lowest BCUT2D eigenvalue weighted by atomic mass is 10.1. The summed E-state index contributed by atoms with van der Waals surface area (Å²) in [6, 6.07) is 0. The Hall–Kier alpha value is -4.80. The third-order valence-electron chi connectivity index (χ3n) is 16.6. The summed E-state index contributed by atoms with van der Waals surface area (Å²) in [7, 11) is -9.98. The van der Waals surface area contributed by atoms with Gasteiger partial charge in [-0.3, -0.25) is 37.3 Å². The first-order valence-corrected chi connectivity index (χ1v) is 43.4. The minimum Gasteiger partial charge on any atom is -0.462 e. The van der Waals surface area contributed by atoms with E-state index in [0.717, 1.165) is 186 Å². The van der Waals surface area contributed by atoms with E-state index in [9.17, 15) is 43.2 Å². The number of allylic oxidation sites excluding steroid dienone is 22. The second-order valence-electron chi connectivity index (χ2n) is 26.6. The molecule has 0 radical (unpaired) electrons. The number of rotatable bonds is 75. The van der Waals surface area contributed by atoms with E-state index in [1.807, 2.05) is 0 Å². The van der Waals surface area contributed by atoms with Crippen LogP contribution in [0.3, 0.4) is 0 Å². The van der Waals surface area contributed by atoms with Gasteiger partial charge in [0.25, 0.3) is 0 Å². The van der Waals surface area contributed by atoms with E-state index in [2.05, 4.69) is 161 Å². The molecule has 0 bridgehead atoms. The number of esters is 4. The van der Waals surface area contributed by atoms with Gasteiger partial charge in [0.2, 0.25) is 0 Å². The fourth-order valence-electron chi connectivity index (χ4n) is 10.5. The van der Waals surface area contributed by atoms with Crippen molar-refractivity contribution in [3.05, 3.63) is 134 Å². The van der Waals surface area contributed by atoms with Crippen molar-refractivity contribution in [3.63, 3.8) is 0 Å². The molecule has 19 heteroatoms. The molecule has 5 atom stereocenters. The van der Waals surface area contributed by atoms with E-state index in [4.69, 9.17) is 37.0 Å². The summed E-state index contributed by atoms with van der Waals surface area (Å²) in [6.07, 6.45) is 85.7. The topological polar surface area (TPSA) is 237 Å². The number of phosphoric ester groups is 2. The van der Waals surface area contributed by atoms with E-state index >= 15 is 0 Å². The Labute approximate surface area is 631 Å². The number of hydrogen-bond acceptors (Lipinski definition) is 15. The number of hydrogen-bond donors (Lipinski definition) is 3. The Bertz CT molecular complexity index is 2490. The van der Waals surface area contributed by atoms with E-state index in [1.165, 1.54) is 57.8 Å². The molecule has 3 N–H and O–H groups in total. The standard InChI is InChI=1S/C85H144O17P2/c1-5-9-13-17-21-25-29-32-35-37-39-41-44-46-50-53-57-61-65-69-82(87)95-75-80(101-84(89)71-67-63-59-55-49-28-24-20-16-12-8-4)77-99-103(91,92)97-73-79(86)74-98-104(93,94)100-78-81(102-85(90)72-68-64-60-56-52-48-43-34-31-27-23-19-15-11-7-3)76-96-83(88)70-66-62-58-54-51-47-45-42-40-38-36-33-30-26-22-18-14-10-6-2/h10-11,14-15,21-23,25-27,32-36,39-43,47,51,79-81,86H,5-9,12-13,16-20,24,28-31,37-38,44-46,48-50,52-78H2,1-4H3,(H,91,92)(H,93,94)/b14-10-,15-11-,25-21-,26-22-,27-23-,35-32-,36-33-,41-39-,42-40-,43-34-,51-47-. The molecule has 0 aliphatic carbocycles. The normalized spacial score (nSPS) is 14.6. The number of aliphatic hydroxyl groups is 1. The fourth-order valence-corrected chi connectivity index (χ4v) is 12.1. The minimum atomic E-state index is -4.99. The Balaban J connectivity index is 5.37. The van der Waals surface area contributed by atoms with Gasteiger partial charge in [-0.15, -0.1) is 0 Å². The maximum Gasteiger partial charge on any atom is 0.472 e. The lowest BCUT2D eigenvalue weighted by molar-refractivity contribution is -0.161. The van der Waals surface area contributed by atoms with Crippen LogP contribution in [0.4, 0.5) is 0 Å². The second-order valence-corrected chi connectivity index (χ2v) is 29.5. The third kappa shape index (κ3) is 75.4. The van der Waals surface area contributed by atoms with Crippen LogP contribution in [0.5, 0.6) is 0 Å². The highest BCUT2D eigenvalue weighted by Gasteiger charge is 2.30. The number of carbonyl (C=O) groups excluding carboxylic acids is 4. The maximum absolute atomic E-state index is 13.1. The fraction of sp³-hybridized carbons (Fsp3) is 0.694. The van der Waals surface area contributed by atoms with Crippen LogP contribution in [0.2, 0.25) is 0 Å². The molecule has 0 spiro atoms. The molecule has 17 nitrogen and oxygen atoms in total. The van der Waals surface area contributed by atoms with E-state index < -0.39 is 97.5 Å². The van der Waals surface area contributed by atoms with Gasteiger partial charge in [0.05, 0.1) is 26.4 Å². The molecule has 0 fully saturated rings. The average molecular weight is 1500 g/mol. The van der Waals surface area contributed by atoms with E-state index in [-0.39, 0.29) is 25.7 Å². The molecular formula is C85H144O17P2. The van der Waals surface area contributed by atoms with Gasteiger partial charge in [0, 0.05) is 25.7 Å². The van der Waals surface area contributed by atoms with Gasteiger partial charge in [0.15, 0.2) is 12.2 Å². The van der Waals surface area contributed by atoms with Crippen molar-refractivity contribution in [2.45, 2.75) is 341 Å². The van der Waals surface area contributed by atoms with Crippen molar-refractivity contribution in [1.82, 2.24) is 0 Å². The highest BCUT2D eigenvalue weighted by Crippen LogP contribution is 2.45. The highest BCUT2D eigenvalue weighted by molar-refractivity contribution is 7.47. The predicted octanol–water partition coefficient (Wildman–Crippen LogP) is 23.7. The van der Waals surface area contributed by atoms with Crippen LogP contribution in [0.25, 0.3) is 0 Å². The predicted molar refractivity (Wildman–Crippen MR) is 427 cm³/mol. The van der Waals surface area contributed by atoms with Crippen LogP contribution >= 0.6 is 15.6 Å². The summed E-state index contributed by atoms with van der Waals surface area (Å²) in [5.41, 5.74) is 0. The monoisotopic (exact) mass is 1500 g/mol. The molecule has 0 saturated carbocycles. The Morgan fingerprint density at radius 1 is 0.279 bits per heavy atom. The molecular weight excluding hydrogens is 1350 g/mol. The average Bonchev–Trinajstić information content (AvgIpc) is 0.929. The summed E-state index contributed by atoms with van der Waals surface area (Å²) in [5, 5.41) is 10.6. The number of unbranched alkanes of at least 4 members (excludes halogenated alkanes) is 27. The summed E-state index contributed by atoms with van der Waals surface area (Å²) in [5.74, 6) is -2.24. The largest absolute Gasteiger partial charge is 0.472 e. The van der Waals surface area contributed by atoms with E-state index in [0.29, 0.717) is 25.7 Å². The van der Waals surface area contributed by atoms with Crippen molar-refractivity contribution in [2.75, 3.05) is 39.6 Å². The van der Waals surface area contributed by atoms with Gasteiger partial charge in [-0.05, 0) is 141 Å². The molecule has 0 saturated heterocycles. The Morgan fingerprint density at radius 2 is 0.500 bits per heavy atom. The van der Waals surface area contributed by atoms with Crippen LogP contribution in [-0.2, 0) is 65.4 Å². The number of ether oxygens (including phenoxy) is 4. The van der Waals surface area contributed by atoms with Crippen LogP contribution < -0.4 is 0 Å². The van der Waals surface area contributed by atoms with Gasteiger partial charge in [-0.2, -0.15) is 0 Å². The van der Waals surface area contributed by atoms with Crippen molar-refractivity contribution in [3.8, 4) is 0 Å². The lowest BCUT2D eigenvalue weighted by Gasteiger charge is -2.21. The van der Waals surface area contributed by atoms with Crippen LogP contribution in [0, 0.1) is 0 Å². The molecule has 0 aliphatic heterocycles. The first kappa shape index (κ1) is 99.2. The SMILES string of the molecule is CC/C=C\C/C=C\C/C=C\C/C=C\C/C=C\CCCCCC(=O)OCC(COP(=O)(O)OCC(O)COP(=O)(O)OCC(COC(=O)CCCCCCCC/C=C\C/C=C\C/C=C\CCCCC)OC(=O)CCCCCCCCCCCCC)OC(=O)CCCCCCC/C=C\C/C=C\C/C=C\CC. The van der Waals surface area contributed by atoms with Crippen LogP contribution in [-0.4, -0.2) is 96.7 Å². The van der Waals surface area contributed by atoms with Crippen molar-refractivity contribution in [1.29, 1.82) is 0 Å². The minimum absolute atomic E-state index is 0.0647. The van der Waals surface area contributed by atoms with Gasteiger partial charge < -0.3 is 33.8 Å².